The monoisotopic (exact) mass is 266 g/mol. The lowest BCUT2D eigenvalue weighted by Gasteiger charge is -2.36. The molecule has 0 aromatic rings. The van der Waals surface area contributed by atoms with Crippen LogP contribution in [-0.2, 0) is 14.3 Å². The van der Waals surface area contributed by atoms with Gasteiger partial charge >= 0.3 is 0 Å². The summed E-state index contributed by atoms with van der Waals surface area (Å²) in [5.74, 6) is 0.554. The quantitative estimate of drug-likeness (QED) is 0.811. The van der Waals surface area contributed by atoms with Crippen LogP contribution in [0.25, 0.3) is 0 Å². The third-order valence-corrected chi connectivity index (χ3v) is 4.79. The summed E-state index contributed by atoms with van der Waals surface area (Å²) in [7, 11) is 0. The first-order chi connectivity index (χ1) is 9.12. The van der Waals surface area contributed by atoms with Gasteiger partial charge in [0.2, 0.25) is 11.8 Å². The van der Waals surface area contributed by atoms with Crippen LogP contribution in [0.15, 0.2) is 0 Å². The molecule has 1 unspecified atom stereocenters. The van der Waals surface area contributed by atoms with Gasteiger partial charge in [0.05, 0.1) is 6.10 Å². The third kappa shape index (κ3) is 2.36. The van der Waals surface area contributed by atoms with Gasteiger partial charge in [-0.3, -0.25) is 9.59 Å². The molecular formula is C14H22N2O3. The van der Waals surface area contributed by atoms with Crippen LogP contribution >= 0.6 is 0 Å². The third-order valence-electron chi connectivity index (χ3n) is 4.79. The molecule has 1 atom stereocenters. The molecule has 3 rings (SSSR count). The molecule has 0 radical (unpaired) electrons. The lowest BCUT2D eigenvalue weighted by molar-refractivity contribution is -0.143. The van der Waals surface area contributed by atoms with Crippen LogP contribution in [0.4, 0.5) is 0 Å². The number of hydrogen-bond donors (Lipinski definition) is 1. The van der Waals surface area contributed by atoms with E-state index in [0.29, 0.717) is 6.42 Å². The Labute approximate surface area is 113 Å². The normalized spacial score (nSPS) is 37.5. The number of carbonyl (C=O) groups excluding carboxylic acids is 2. The molecule has 0 aromatic carbocycles. The number of nitrogens with one attached hydrogen (secondary N) is 1. The van der Waals surface area contributed by atoms with E-state index in [-0.39, 0.29) is 29.3 Å². The SMILES string of the molecule is CCOC1CC(C(=O)N2CCC3(CNC(=O)C3)C2)C1. The molecule has 2 heterocycles. The minimum atomic E-state index is 0.0236. The Balaban J connectivity index is 1.52. The first-order valence-corrected chi connectivity index (χ1v) is 7.29. The predicted octanol–water partition coefficient (Wildman–Crippen LogP) is 0.540. The maximum atomic E-state index is 12.4. The number of rotatable bonds is 3. The van der Waals surface area contributed by atoms with E-state index in [2.05, 4.69) is 5.32 Å². The summed E-state index contributed by atoms with van der Waals surface area (Å²) in [4.78, 5) is 25.7. The van der Waals surface area contributed by atoms with Gasteiger partial charge in [-0.1, -0.05) is 0 Å². The summed E-state index contributed by atoms with van der Waals surface area (Å²) in [6.45, 7) is 5.02. The second-order valence-electron chi connectivity index (χ2n) is 6.21. The fraction of sp³-hybridized carbons (Fsp3) is 0.857. The van der Waals surface area contributed by atoms with Gasteiger partial charge in [0.25, 0.3) is 0 Å². The zero-order valence-electron chi connectivity index (χ0n) is 11.5. The topological polar surface area (TPSA) is 58.6 Å². The predicted molar refractivity (Wildman–Crippen MR) is 69.4 cm³/mol. The van der Waals surface area contributed by atoms with Crippen LogP contribution in [0, 0.1) is 11.3 Å². The molecule has 2 aliphatic heterocycles. The average Bonchev–Trinajstić information content (AvgIpc) is 2.90. The van der Waals surface area contributed by atoms with Crippen molar-refractivity contribution in [2.45, 2.75) is 38.7 Å². The Hall–Kier alpha value is -1.10. The van der Waals surface area contributed by atoms with Crippen LogP contribution in [0.5, 0.6) is 0 Å². The van der Waals surface area contributed by atoms with Crippen molar-refractivity contribution in [2.75, 3.05) is 26.2 Å². The van der Waals surface area contributed by atoms with Gasteiger partial charge in [0, 0.05) is 44.0 Å². The summed E-state index contributed by atoms with van der Waals surface area (Å²) in [5, 5.41) is 2.90. The lowest BCUT2D eigenvalue weighted by Crippen LogP contribution is -2.44. The molecule has 3 aliphatic rings. The second kappa shape index (κ2) is 4.78. The smallest absolute Gasteiger partial charge is 0.225 e. The van der Waals surface area contributed by atoms with Gasteiger partial charge < -0.3 is 15.0 Å². The van der Waals surface area contributed by atoms with E-state index in [1.54, 1.807) is 0 Å². The van der Waals surface area contributed by atoms with Crippen LogP contribution < -0.4 is 5.32 Å². The Bertz CT molecular complexity index is 392. The minimum Gasteiger partial charge on any atom is -0.378 e. The lowest BCUT2D eigenvalue weighted by atomic mass is 9.81. The minimum absolute atomic E-state index is 0.0236. The van der Waals surface area contributed by atoms with Gasteiger partial charge in [0.1, 0.15) is 0 Å². The van der Waals surface area contributed by atoms with Crippen LogP contribution in [0.3, 0.4) is 0 Å². The standard InChI is InChI=1S/C14H22N2O3/c1-2-19-11-5-10(6-11)13(18)16-4-3-14(9-16)7-12(17)15-8-14/h10-11H,2-9H2,1H3,(H,15,17). The molecule has 2 saturated heterocycles. The number of hydrogen-bond acceptors (Lipinski definition) is 3. The molecule has 1 spiro atoms. The van der Waals surface area contributed by atoms with Crippen LogP contribution in [0.1, 0.15) is 32.6 Å². The highest BCUT2D eigenvalue weighted by molar-refractivity contribution is 5.82. The molecule has 0 aromatic heterocycles. The van der Waals surface area contributed by atoms with Gasteiger partial charge in [-0.2, -0.15) is 0 Å². The Morgan fingerprint density at radius 2 is 2.32 bits per heavy atom. The van der Waals surface area contributed by atoms with Crippen molar-refractivity contribution < 1.29 is 14.3 Å². The van der Waals surface area contributed by atoms with Crippen molar-refractivity contribution in [2.24, 2.45) is 11.3 Å². The van der Waals surface area contributed by atoms with Crippen molar-refractivity contribution in [1.29, 1.82) is 0 Å². The molecule has 1 aliphatic carbocycles. The Morgan fingerprint density at radius 3 is 2.95 bits per heavy atom. The summed E-state index contributed by atoms with van der Waals surface area (Å²) in [6.07, 6.45) is 3.56. The molecule has 106 valence electrons. The van der Waals surface area contributed by atoms with Crippen molar-refractivity contribution >= 4 is 11.8 Å². The van der Waals surface area contributed by atoms with Gasteiger partial charge in [-0.15, -0.1) is 0 Å². The highest BCUT2D eigenvalue weighted by atomic mass is 16.5. The molecular weight excluding hydrogens is 244 g/mol. The highest BCUT2D eigenvalue weighted by Crippen LogP contribution is 2.39. The summed E-state index contributed by atoms with van der Waals surface area (Å²) in [5.41, 5.74) is 0.0236. The molecule has 1 saturated carbocycles. The number of carbonyl (C=O) groups is 2. The van der Waals surface area contributed by atoms with E-state index in [9.17, 15) is 9.59 Å². The summed E-state index contributed by atoms with van der Waals surface area (Å²) in [6, 6.07) is 0. The second-order valence-corrected chi connectivity index (χ2v) is 6.21. The molecule has 2 amide bonds. The first-order valence-electron chi connectivity index (χ1n) is 7.29. The van der Waals surface area contributed by atoms with E-state index < -0.39 is 0 Å². The molecule has 5 heteroatoms. The van der Waals surface area contributed by atoms with E-state index in [1.807, 2.05) is 11.8 Å². The molecule has 1 N–H and O–H groups in total. The molecule has 19 heavy (non-hydrogen) atoms. The van der Waals surface area contributed by atoms with E-state index in [0.717, 1.165) is 45.5 Å². The van der Waals surface area contributed by atoms with E-state index in [4.69, 9.17) is 4.74 Å². The van der Waals surface area contributed by atoms with E-state index >= 15 is 0 Å². The number of nitrogens with zero attached hydrogens (tertiary/aromatic N) is 1. The van der Waals surface area contributed by atoms with Crippen LogP contribution in [-0.4, -0.2) is 49.1 Å². The molecule has 0 bridgehead atoms. The Kier molecular flexibility index (Phi) is 3.25. The zero-order valence-corrected chi connectivity index (χ0v) is 11.5. The largest absolute Gasteiger partial charge is 0.378 e. The van der Waals surface area contributed by atoms with Gasteiger partial charge in [0.15, 0.2) is 0 Å². The van der Waals surface area contributed by atoms with Gasteiger partial charge in [-0.05, 0) is 26.2 Å². The maximum absolute atomic E-state index is 12.4. The number of ether oxygens (including phenoxy) is 1. The van der Waals surface area contributed by atoms with Crippen LogP contribution in [0.2, 0.25) is 0 Å². The van der Waals surface area contributed by atoms with Crippen molar-refractivity contribution in [3.05, 3.63) is 0 Å². The number of likely N-dealkylation sites (tertiary alicyclic amines) is 1. The first kappa shape index (κ1) is 12.9. The number of amides is 2. The molecule has 5 nitrogen and oxygen atoms in total. The highest BCUT2D eigenvalue weighted by Gasteiger charge is 2.47. The van der Waals surface area contributed by atoms with Gasteiger partial charge in [-0.25, -0.2) is 0 Å². The average molecular weight is 266 g/mol. The fourth-order valence-corrected chi connectivity index (χ4v) is 3.56. The zero-order chi connectivity index (χ0) is 13.5. The fourth-order valence-electron chi connectivity index (χ4n) is 3.56. The Morgan fingerprint density at radius 1 is 1.53 bits per heavy atom. The summed E-state index contributed by atoms with van der Waals surface area (Å²) < 4.78 is 5.50. The van der Waals surface area contributed by atoms with Crippen molar-refractivity contribution in [3.8, 4) is 0 Å². The maximum Gasteiger partial charge on any atom is 0.225 e. The molecule has 3 fully saturated rings. The summed E-state index contributed by atoms with van der Waals surface area (Å²) >= 11 is 0. The van der Waals surface area contributed by atoms with Crippen molar-refractivity contribution in [3.63, 3.8) is 0 Å². The van der Waals surface area contributed by atoms with E-state index in [1.165, 1.54) is 0 Å². The van der Waals surface area contributed by atoms with Crippen molar-refractivity contribution in [1.82, 2.24) is 10.2 Å².